The lowest BCUT2D eigenvalue weighted by Crippen LogP contribution is -2.53. The number of piperidine rings is 2. The summed E-state index contributed by atoms with van der Waals surface area (Å²) in [5.74, 6) is -3.65. The highest BCUT2D eigenvalue weighted by atomic mass is 19.1. The van der Waals surface area contributed by atoms with E-state index < -0.39 is 40.9 Å². The molecule has 0 radical (unpaired) electrons. The molecule has 5 saturated heterocycles. The molecule has 5 aromatic rings. The van der Waals surface area contributed by atoms with Gasteiger partial charge in [0.05, 0.1) is 17.9 Å². The minimum Gasteiger partial charge on any atom is -0.508 e. The number of amides is 2. The Morgan fingerprint density at radius 3 is 2.21 bits per heavy atom. The first-order chi connectivity index (χ1) is 35.2. The number of pyridine rings is 1. The third-order valence-corrected chi connectivity index (χ3v) is 17.9. The highest BCUT2D eigenvalue weighted by Crippen LogP contribution is 2.52. The van der Waals surface area contributed by atoms with Crippen molar-refractivity contribution in [2.24, 2.45) is 10.8 Å². The number of fused-ring (bicyclic) bond motifs is 4. The van der Waals surface area contributed by atoms with E-state index in [0.29, 0.717) is 86.7 Å². The summed E-state index contributed by atoms with van der Waals surface area (Å²) >= 11 is 0. The molecule has 2 bridgehead atoms. The molecule has 7 heterocycles. The van der Waals surface area contributed by atoms with Gasteiger partial charge < -0.3 is 29.9 Å². The molecular formula is C56H65F4N9O4. The van der Waals surface area contributed by atoms with Crippen LogP contribution in [0.2, 0.25) is 0 Å². The summed E-state index contributed by atoms with van der Waals surface area (Å²) in [6.07, 6.45) is 11.5. The molecule has 12 rings (SSSR count). The van der Waals surface area contributed by atoms with Gasteiger partial charge in [-0.2, -0.15) is 9.97 Å². The van der Waals surface area contributed by atoms with Gasteiger partial charge >= 0.3 is 6.01 Å². The number of halogens is 4. The van der Waals surface area contributed by atoms with E-state index in [1.54, 1.807) is 18.3 Å². The Labute approximate surface area is 423 Å². The van der Waals surface area contributed by atoms with Gasteiger partial charge in [0.15, 0.2) is 5.82 Å². The summed E-state index contributed by atoms with van der Waals surface area (Å²) in [4.78, 5) is 47.3. The second-order valence-corrected chi connectivity index (χ2v) is 22.7. The van der Waals surface area contributed by atoms with Crippen molar-refractivity contribution in [2.45, 2.75) is 114 Å². The molecule has 3 N–H and O–H groups in total. The number of hydrogen-bond acceptors (Lipinski definition) is 12. The van der Waals surface area contributed by atoms with Crippen molar-refractivity contribution in [3.63, 3.8) is 0 Å². The molecule has 7 aliphatic rings. The molecule has 1 spiro atoms. The van der Waals surface area contributed by atoms with Crippen LogP contribution in [0.5, 0.6) is 11.8 Å². The van der Waals surface area contributed by atoms with Crippen molar-refractivity contribution in [2.75, 3.05) is 81.9 Å². The predicted molar refractivity (Wildman–Crippen MR) is 271 cm³/mol. The molecule has 13 nitrogen and oxygen atoms in total. The fourth-order valence-electron chi connectivity index (χ4n) is 13.4. The average molecular weight is 1000 g/mol. The summed E-state index contributed by atoms with van der Waals surface area (Å²) < 4.78 is 71.0. The number of carbonyl (C=O) groups excluding carboxylic acids is 2. The Hall–Kier alpha value is -5.65. The molecule has 17 heteroatoms. The second kappa shape index (κ2) is 18.9. The molecule has 73 heavy (non-hydrogen) atoms. The number of ether oxygens (including phenoxy) is 1. The molecule has 5 aliphatic heterocycles. The van der Waals surface area contributed by atoms with Gasteiger partial charge in [0.25, 0.3) is 0 Å². The minimum atomic E-state index is -1.28. The summed E-state index contributed by atoms with van der Waals surface area (Å²) in [5, 5.41) is 18.9. The minimum absolute atomic E-state index is 0.0343. The Bertz CT molecular complexity index is 2930. The van der Waals surface area contributed by atoms with Crippen LogP contribution in [-0.4, -0.2) is 131 Å². The number of aryl methyl sites for hydroxylation is 1. The van der Waals surface area contributed by atoms with Gasteiger partial charge in [-0.3, -0.25) is 24.8 Å². The Morgan fingerprint density at radius 1 is 0.808 bits per heavy atom. The fraction of sp³-hybridized carbons (Fsp3) is 0.554. The highest BCUT2D eigenvalue weighted by Gasteiger charge is 2.49. The average Bonchev–Trinajstić information content (AvgIpc) is 4.07. The topological polar surface area (TPSA) is 139 Å². The van der Waals surface area contributed by atoms with Crippen molar-refractivity contribution >= 4 is 45.0 Å². The zero-order valence-electron chi connectivity index (χ0n) is 41.6. The van der Waals surface area contributed by atoms with Gasteiger partial charge in [-0.15, -0.1) is 0 Å². The van der Waals surface area contributed by atoms with Gasteiger partial charge in [-0.1, -0.05) is 25.1 Å². The van der Waals surface area contributed by atoms with E-state index in [1.807, 2.05) is 23.1 Å². The number of likely N-dealkylation sites (tertiary alicyclic amines) is 1. The van der Waals surface area contributed by atoms with Gasteiger partial charge in [-0.25, -0.2) is 17.6 Å². The molecule has 7 fully saturated rings. The maximum Gasteiger partial charge on any atom is 0.319 e. The lowest BCUT2D eigenvalue weighted by molar-refractivity contribution is -0.134. The Kier molecular flexibility index (Phi) is 12.5. The maximum atomic E-state index is 17.2. The Morgan fingerprint density at radius 2 is 1.52 bits per heavy atom. The van der Waals surface area contributed by atoms with E-state index in [9.17, 15) is 14.7 Å². The molecule has 3 aromatic carbocycles. The maximum absolute atomic E-state index is 17.2. The molecule has 2 amide bonds. The van der Waals surface area contributed by atoms with Crippen LogP contribution in [-0.2, 0) is 16.0 Å². The number of benzene rings is 3. The van der Waals surface area contributed by atoms with Crippen LogP contribution in [0, 0.1) is 28.3 Å². The van der Waals surface area contributed by atoms with E-state index in [1.165, 1.54) is 12.1 Å². The third-order valence-electron chi connectivity index (χ3n) is 17.9. The van der Waals surface area contributed by atoms with Crippen LogP contribution >= 0.6 is 0 Å². The third kappa shape index (κ3) is 9.47. The monoisotopic (exact) mass is 1000 g/mol. The SMILES string of the molecule is CCc1cccc2cc(O)cc(-c3ncc4c(N5CC6CCC(C5)N6)nc(OCC5(CN6CCC7(CC6)CCC(F)(CN6CCN(c8cc(F)c(C9CCC(=O)NC9=O)c(F)c8)CC6)CC7)CC5)nc4c3F)c12. The van der Waals surface area contributed by atoms with Crippen LogP contribution in [0.25, 0.3) is 32.9 Å². The van der Waals surface area contributed by atoms with Crippen LogP contribution in [0.15, 0.2) is 48.7 Å². The molecule has 2 aliphatic carbocycles. The lowest BCUT2D eigenvalue weighted by atomic mass is 9.64. The van der Waals surface area contributed by atoms with E-state index in [0.717, 1.165) is 107 Å². The largest absolute Gasteiger partial charge is 0.508 e. The predicted octanol–water partition coefficient (Wildman–Crippen LogP) is 8.34. The van der Waals surface area contributed by atoms with E-state index in [2.05, 4.69) is 32.3 Å². The van der Waals surface area contributed by atoms with E-state index in [4.69, 9.17) is 19.7 Å². The van der Waals surface area contributed by atoms with Crippen molar-refractivity contribution in [1.29, 1.82) is 0 Å². The Balaban J connectivity index is 0.668. The number of alkyl halides is 1. The lowest BCUT2D eigenvalue weighted by Gasteiger charge is -2.49. The number of carbonyl (C=O) groups is 2. The summed E-state index contributed by atoms with van der Waals surface area (Å²) in [6.45, 7) is 9.27. The molecule has 2 saturated carbocycles. The number of phenols is 1. The van der Waals surface area contributed by atoms with Crippen molar-refractivity contribution in [3.8, 4) is 23.0 Å². The van der Waals surface area contributed by atoms with Crippen LogP contribution < -0.4 is 25.2 Å². The van der Waals surface area contributed by atoms with E-state index >= 15 is 17.6 Å². The number of aromatic hydroxyl groups is 1. The fourth-order valence-corrected chi connectivity index (χ4v) is 13.4. The first-order valence-electron chi connectivity index (χ1n) is 26.7. The zero-order valence-corrected chi connectivity index (χ0v) is 41.6. The summed E-state index contributed by atoms with van der Waals surface area (Å²) in [7, 11) is 0. The first-order valence-corrected chi connectivity index (χ1v) is 26.7. The standard InChI is InChI=1S/C56H65F4N9O4/c1-2-34-4-3-5-35-24-39(70)27-41(46(34)35)49-48(59)50-42(28-61-49)51(69-29-36-6-7-37(30-69)62-36)65-53(64-50)73-33-55(10-11-55)31-66-18-16-54(17-19-66)12-14-56(60,15-13-54)32-67-20-22-68(23-21-67)38-25-43(57)47(44(58)26-38)40-8-9-45(71)63-52(40)72/h3-5,24-28,36-37,40,62,70H,2,6-23,29-33H2,1H3,(H,63,71,72). The number of nitrogens with zero attached hydrogens (tertiary/aromatic N) is 7. The number of hydrogen-bond donors (Lipinski definition) is 3. The zero-order chi connectivity index (χ0) is 50.2. The summed E-state index contributed by atoms with van der Waals surface area (Å²) in [6, 6.07) is 12.5. The molecule has 386 valence electrons. The number of piperazine rings is 2. The van der Waals surface area contributed by atoms with Gasteiger partial charge in [0.2, 0.25) is 11.8 Å². The number of rotatable bonds is 12. The van der Waals surface area contributed by atoms with Gasteiger partial charge in [0.1, 0.15) is 40.1 Å². The van der Waals surface area contributed by atoms with Crippen molar-refractivity contribution < 1.29 is 37.0 Å². The quantitative estimate of drug-likeness (QED) is 0.0819. The smallest absolute Gasteiger partial charge is 0.319 e. The van der Waals surface area contributed by atoms with E-state index in [-0.39, 0.29) is 52.2 Å². The number of aromatic nitrogens is 3. The van der Waals surface area contributed by atoms with Crippen LogP contribution in [0.1, 0.15) is 101 Å². The number of imide groups is 1. The normalized spacial score (nSPS) is 24.9. The van der Waals surface area contributed by atoms with Crippen LogP contribution in [0.3, 0.4) is 0 Å². The molecule has 3 unspecified atom stereocenters. The molecular weight excluding hydrogens is 939 g/mol. The molecule has 2 aromatic heterocycles. The first kappa shape index (κ1) is 48.3. The van der Waals surface area contributed by atoms with Gasteiger partial charge in [-0.05, 0) is 136 Å². The highest BCUT2D eigenvalue weighted by molar-refractivity contribution is 6.02. The number of phenolic OH excluding ortho intramolecular Hbond substituents is 1. The van der Waals surface area contributed by atoms with Crippen LogP contribution in [0.4, 0.5) is 29.1 Å². The second-order valence-electron chi connectivity index (χ2n) is 22.7. The van der Waals surface area contributed by atoms with Crippen molar-refractivity contribution in [1.82, 2.24) is 35.4 Å². The number of nitrogens with one attached hydrogen (secondary N) is 2. The molecule has 3 atom stereocenters. The number of anilines is 2. The van der Waals surface area contributed by atoms with Gasteiger partial charge in [0, 0.05) is 99.3 Å². The van der Waals surface area contributed by atoms with Crippen molar-refractivity contribution in [3.05, 3.63) is 77.2 Å². The summed E-state index contributed by atoms with van der Waals surface area (Å²) in [5.41, 5.74) is 0.733.